The highest BCUT2D eigenvalue weighted by atomic mass is 19.1. The fourth-order valence-electron chi connectivity index (χ4n) is 3.03. The van der Waals surface area contributed by atoms with E-state index in [1.807, 2.05) is 6.07 Å². The lowest BCUT2D eigenvalue weighted by molar-refractivity contribution is 0.628. The van der Waals surface area contributed by atoms with Crippen LogP contribution >= 0.6 is 0 Å². The minimum atomic E-state index is -0.282. The summed E-state index contributed by atoms with van der Waals surface area (Å²) in [7, 11) is 0. The van der Waals surface area contributed by atoms with Crippen LogP contribution in [0.5, 0.6) is 0 Å². The molecule has 7 heteroatoms. The Kier molecular flexibility index (Phi) is 4.82. The number of nitrogens with one attached hydrogen (secondary N) is 3. The highest BCUT2D eigenvalue weighted by molar-refractivity contribution is 5.67. The second-order valence-corrected chi connectivity index (χ2v) is 6.45. The van der Waals surface area contributed by atoms with Gasteiger partial charge in [-0.15, -0.1) is 0 Å². The van der Waals surface area contributed by atoms with Crippen molar-refractivity contribution in [2.24, 2.45) is 0 Å². The van der Waals surface area contributed by atoms with Gasteiger partial charge in [0.2, 0.25) is 11.9 Å². The molecule has 0 spiro atoms. The predicted molar refractivity (Wildman–Crippen MR) is 105 cm³/mol. The van der Waals surface area contributed by atoms with E-state index in [0.29, 0.717) is 17.7 Å². The topological polar surface area (TPSA) is 74.8 Å². The fraction of sp³-hybridized carbons (Fsp3) is 0.250. The fourth-order valence-corrected chi connectivity index (χ4v) is 3.03. The van der Waals surface area contributed by atoms with Crippen LogP contribution in [0.1, 0.15) is 24.7 Å². The molecule has 0 saturated carbocycles. The van der Waals surface area contributed by atoms with Gasteiger partial charge in [-0.2, -0.15) is 15.0 Å². The number of aromatic nitrogens is 3. The first kappa shape index (κ1) is 17.2. The van der Waals surface area contributed by atoms with Gasteiger partial charge < -0.3 is 16.0 Å². The van der Waals surface area contributed by atoms with Crippen LogP contribution in [0.25, 0.3) is 0 Å². The van der Waals surface area contributed by atoms with Gasteiger partial charge in [-0.3, -0.25) is 0 Å². The Hall–Kier alpha value is -3.22. The molecule has 3 aromatic rings. The summed E-state index contributed by atoms with van der Waals surface area (Å²) in [4.78, 5) is 13.4. The number of anilines is 5. The lowest BCUT2D eigenvalue weighted by atomic mass is 10.1. The zero-order chi connectivity index (χ0) is 18.6. The van der Waals surface area contributed by atoms with Crippen LogP contribution < -0.4 is 16.0 Å². The van der Waals surface area contributed by atoms with Crippen molar-refractivity contribution in [1.82, 2.24) is 15.0 Å². The monoisotopic (exact) mass is 364 g/mol. The molecule has 4 rings (SSSR count). The molecule has 0 unspecified atom stereocenters. The molecule has 6 nitrogen and oxygen atoms in total. The molecular formula is C20H21FN6. The van der Waals surface area contributed by atoms with Crippen molar-refractivity contribution >= 4 is 29.0 Å². The van der Waals surface area contributed by atoms with Crippen LogP contribution in [0.15, 0.2) is 42.5 Å². The third kappa shape index (κ3) is 4.13. The zero-order valence-corrected chi connectivity index (χ0v) is 15.1. The predicted octanol–water partition coefficient (Wildman–Crippen LogP) is 4.42. The second-order valence-electron chi connectivity index (χ2n) is 6.45. The van der Waals surface area contributed by atoms with E-state index in [9.17, 15) is 4.39 Å². The van der Waals surface area contributed by atoms with Crippen LogP contribution in [-0.2, 0) is 12.8 Å². The van der Waals surface area contributed by atoms with Crippen LogP contribution in [-0.4, -0.2) is 21.5 Å². The van der Waals surface area contributed by atoms with Crippen molar-refractivity contribution in [1.29, 1.82) is 0 Å². The van der Waals surface area contributed by atoms with Crippen molar-refractivity contribution in [2.75, 3.05) is 22.5 Å². The number of hydrogen-bond acceptors (Lipinski definition) is 6. The van der Waals surface area contributed by atoms with Gasteiger partial charge in [0.05, 0.1) is 0 Å². The van der Waals surface area contributed by atoms with E-state index >= 15 is 0 Å². The molecule has 27 heavy (non-hydrogen) atoms. The Bertz CT molecular complexity index is 942. The molecule has 0 bridgehead atoms. The molecule has 0 saturated heterocycles. The highest BCUT2D eigenvalue weighted by Gasteiger charge is 2.12. The normalized spacial score (nSPS) is 12.4. The molecule has 1 aliphatic heterocycles. The molecule has 0 fully saturated rings. The van der Waals surface area contributed by atoms with E-state index in [2.05, 4.69) is 50.0 Å². The van der Waals surface area contributed by atoms with Crippen molar-refractivity contribution in [3.63, 3.8) is 0 Å². The van der Waals surface area contributed by atoms with Gasteiger partial charge in [0, 0.05) is 30.0 Å². The van der Waals surface area contributed by atoms with Crippen molar-refractivity contribution in [2.45, 2.75) is 26.2 Å². The quantitative estimate of drug-likeness (QED) is 0.601. The summed E-state index contributed by atoms with van der Waals surface area (Å²) >= 11 is 0. The summed E-state index contributed by atoms with van der Waals surface area (Å²) in [6, 6.07) is 12.3. The number of rotatable bonds is 6. The largest absolute Gasteiger partial charge is 0.384 e. The number of hydrogen-bond donors (Lipinski definition) is 3. The summed E-state index contributed by atoms with van der Waals surface area (Å²) in [5.74, 6) is 1.34. The number of fused-ring (bicyclic) bond motifs is 1. The van der Waals surface area contributed by atoms with Crippen LogP contribution in [0.4, 0.5) is 33.3 Å². The average molecular weight is 364 g/mol. The first-order chi connectivity index (χ1) is 13.2. The maximum atomic E-state index is 13.1. The SMILES string of the molecule is CCCc1nc(Nc2ccc(F)cc2)nc(Nc2ccc3c(c2)NCC3)n1. The molecule has 138 valence electrons. The van der Waals surface area contributed by atoms with E-state index in [-0.39, 0.29) is 5.82 Å². The first-order valence-corrected chi connectivity index (χ1v) is 9.11. The van der Waals surface area contributed by atoms with Crippen molar-refractivity contribution in [3.8, 4) is 0 Å². The summed E-state index contributed by atoms with van der Waals surface area (Å²) in [6.07, 6.45) is 2.73. The molecule has 2 aromatic carbocycles. The van der Waals surface area contributed by atoms with Gasteiger partial charge in [-0.1, -0.05) is 13.0 Å². The van der Waals surface area contributed by atoms with Gasteiger partial charge in [0.25, 0.3) is 0 Å². The van der Waals surface area contributed by atoms with E-state index in [0.717, 1.165) is 42.9 Å². The molecule has 2 heterocycles. The van der Waals surface area contributed by atoms with Crippen LogP contribution in [0.2, 0.25) is 0 Å². The van der Waals surface area contributed by atoms with Gasteiger partial charge in [0.15, 0.2) is 0 Å². The van der Waals surface area contributed by atoms with E-state index in [1.54, 1.807) is 12.1 Å². The number of nitrogens with zero attached hydrogens (tertiary/aromatic N) is 3. The Morgan fingerprint density at radius 3 is 2.41 bits per heavy atom. The standard InChI is InChI=1S/C20H21FN6/c1-2-3-18-25-19(23-15-8-5-14(21)6-9-15)27-20(26-18)24-16-7-4-13-10-11-22-17(13)12-16/h4-9,12,22H,2-3,10-11H2,1H3,(H2,23,24,25,26,27). The summed E-state index contributed by atoms with van der Waals surface area (Å²) in [5, 5.41) is 9.75. The van der Waals surface area contributed by atoms with Gasteiger partial charge >= 0.3 is 0 Å². The molecule has 3 N–H and O–H groups in total. The molecule has 0 atom stereocenters. The Balaban J connectivity index is 1.59. The Labute approximate surface area is 157 Å². The lowest BCUT2D eigenvalue weighted by Gasteiger charge is -2.11. The second kappa shape index (κ2) is 7.57. The summed E-state index contributed by atoms with van der Waals surface area (Å²) in [6.45, 7) is 3.05. The first-order valence-electron chi connectivity index (χ1n) is 9.11. The molecular weight excluding hydrogens is 343 g/mol. The zero-order valence-electron chi connectivity index (χ0n) is 15.1. The average Bonchev–Trinajstić information content (AvgIpc) is 3.12. The molecule has 0 aliphatic carbocycles. The van der Waals surface area contributed by atoms with Crippen LogP contribution in [0, 0.1) is 5.82 Å². The molecule has 0 radical (unpaired) electrons. The Morgan fingerprint density at radius 2 is 1.67 bits per heavy atom. The third-order valence-electron chi connectivity index (χ3n) is 4.33. The van der Waals surface area contributed by atoms with Crippen molar-refractivity contribution in [3.05, 3.63) is 59.7 Å². The number of benzene rings is 2. The van der Waals surface area contributed by atoms with E-state index in [4.69, 9.17) is 0 Å². The Morgan fingerprint density at radius 1 is 0.963 bits per heavy atom. The van der Waals surface area contributed by atoms with Crippen LogP contribution in [0.3, 0.4) is 0 Å². The number of aryl methyl sites for hydroxylation is 1. The lowest BCUT2D eigenvalue weighted by Crippen LogP contribution is -2.07. The molecule has 1 aromatic heterocycles. The van der Waals surface area contributed by atoms with Crippen molar-refractivity contribution < 1.29 is 4.39 Å². The summed E-state index contributed by atoms with van der Waals surface area (Å²) in [5.41, 5.74) is 4.11. The number of halogens is 1. The van der Waals surface area contributed by atoms with E-state index in [1.165, 1.54) is 17.7 Å². The smallest absolute Gasteiger partial charge is 0.232 e. The maximum absolute atomic E-state index is 13.1. The van der Waals surface area contributed by atoms with E-state index < -0.39 is 0 Å². The highest BCUT2D eigenvalue weighted by Crippen LogP contribution is 2.27. The van der Waals surface area contributed by atoms with Gasteiger partial charge in [-0.25, -0.2) is 4.39 Å². The minimum Gasteiger partial charge on any atom is -0.384 e. The maximum Gasteiger partial charge on any atom is 0.232 e. The summed E-state index contributed by atoms with van der Waals surface area (Å²) < 4.78 is 13.1. The minimum absolute atomic E-state index is 0.282. The third-order valence-corrected chi connectivity index (χ3v) is 4.33. The van der Waals surface area contributed by atoms with Gasteiger partial charge in [0.1, 0.15) is 11.6 Å². The molecule has 1 aliphatic rings. The van der Waals surface area contributed by atoms with Gasteiger partial charge in [-0.05, 0) is 54.8 Å². The molecule has 0 amide bonds.